The molecule has 2 aromatic carbocycles. The number of rotatable bonds is 10. The first kappa shape index (κ1) is 28.5. The van der Waals surface area contributed by atoms with Crippen LogP contribution < -0.4 is 0 Å². The van der Waals surface area contributed by atoms with Crippen molar-refractivity contribution < 1.29 is 15.0 Å². The zero-order valence-corrected chi connectivity index (χ0v) is 23.3. The van der Waals surface area contributed by atoms with Crippen molar-refractivity contribution in [3.8, 4) is 11.5 Å². The van der Waals surface area contributed by atoms with Crippen LogP contribution in [0.5, 0.6) is 11.5 Å². The Bertz CT molecular complexity index is 871. The lowest BCUT2D eigenvalue weighted by Crippen LogP contribution is -2.24. The third kappa shape index (κ3) is 5.91. The summed E-state index contributed by atoms with van der Waals surface area (Å²) in [5.74, 6) is 0.0952. The summed E-state index contributed by atoms with van der Waals surface area (Å²) < 4.78 is 0. The first-order valence-corrected chi connectivity index (χ1v) is 13.3. The van der Waals surface area contributed by atoms with E-state index in [1.165, 1.54) is 0 Å². The fourth-order valence-electron chi connectivity index (χ4n) is 4.47. The molecule has 188 valence electrons. The Morgan fingerprint density at radius 1 is 0.618 bits per heavy atom. The summed E-state index contributed by atoms with van der Waals surface area (Å²) in [7, 11) is 0. The number of Topliss-reactive ketones (excluding diaryl/α,β-unsaturated/α-hetero) is 1. The van der Waals surface area contributed by atoms with Crippen molar-refractivity contribution >= 4 is 29.0 Å². The summed E-state index contributed by atoms with van der Waals surface area (Å²) in [4.78, 5) is 13.9. The maximum Gasteiger partial charge on any atom is 0.150 e. The summed E-state index contributed by atoms with van der Waals surface area (Å²) in [5, 5.41) is 21.6. The van der Waals surface area contributed by atoms with E-state index in [1.54, 1.807) is 0 Å². The van der Waals surface area contributed by atoms with Crippen LogP contribution in [0.25, 0.3) is 0 Å². The molecule has 0 saturated carbocycles. The molecule has 0 aliphatic heterocycles. The monoisotopic (exact) mass is 506 g/mol. The second-order valence-electron chi connectivity index (χ2n) is 10.5. The van der Waals surface area contributed by atoms with Gasteiger partial charge in [0.25, 0.3) is 0 Å². The van der Waals surface area contributed by atoms with Gasteiger partial charge in [0, 0.05) is 11.8 Å². The van der Waals surface area contributed by atoms with Crippen LogP contribution in [-0.4, -0.2) is 27.8 Å². The quantitative estimate of drug-likeness (QED) is 0.317. The minimum Gasteiger partial charge on any atom is -0.507 e. The predicted molar refractivity (Wildman–Crippen MR) is 144 cm³/mol. The first-order chi connectivity index (χ1) is 15.8. The van der Waals surface area contributed by atoms with E-state index in [2.05, 4.69) is 0 Å². The molecule has 0 amide bonds. The number of hydrogen-bond donors (Lipinski definition) is 2. The molecule has 0 aliphatic rings. The van der Waals surface area contributed by atoms with Crippen molar-refractivity contribution in [2.45, 2.75) is 90.9 Å². The average molecular weight is 508 g/mol. The molecule has 0 bridgehead atoms. The van der Waals surface area contributed by atoms with Crippen molar-refractivity contribution in [3.63, 3.8) is 0 Å². The molecule has 0 radical (unpaired) electrons. The van der Waals surface area contributed by atoms with Crippen LogP contribution in [0.2, 0.25) is 0 Å². The van der Waals surface area contributed by atoms with E-state index in [1.807, 2.05) is 79.7 Å². The number of ketones is 1. The standard InChI is InChI=1S/C29H40Cl2O3/c1-15(2)21-9-19(10-22(16(3)4)27(21)32)25(13-30)29(34)26(14-31)20-11-23(17(5)6)28(33)24(12-20)18(7)8/h9-12,15-18,25-26,32-33H,13-14H2,1-8H3. The zero-order valence-electron chi connectivity index (χ0n) is 21.7. The first-order valence-electron chi connectivity index (χ1n) is 12.2. The van der Waals surface area contributed by atoms with Crippen LogP contribution in [0.3, 0.4) is 0 Å². The minimum absolute atomic E-state index is 0.0461. The summed E-state index contributed by atoms with van der Waals surface area (Å²) in [6.07, 6.45) is 0. The fraction of sp³-hybridized carbons (Fsp3) is 0.552. The summed E-state index contributed by atoms with van der Waals surface area (Å²) in [6.45, 7) is 16.2. The highest BCUT2D eigenvalue weighted by Crippen LogP contribution is 2.41. The Morgan fingerprint density at radius 2 is 0.853 bits per heavy atom. The average Bonchev–Trinajstić information content (AvgIpc) is 2.75. The van der Waals surface area contributed by atoms with Gasteiger partial charge >= 0.3 is 0 Å². The van der Waals surface area contributed by atoms with Gasteiger partial charge < -0.3 is 10.2 Å². The maximum atomic E-state index is 13.9. The Balaban J connectivity index is 2.64. The van der Waals surface area contributed by atoms with Crippen LogP contribution in [0.15, 0.2) is 24.3 Å². The van der Waals surface area contributed by atoms with Crippen molar-refractivity contribution in [3.05, 3.63) is 57.6 Å². The third-order valence-corrected chi connectivity index (χ3v) is 7.29. The summed E-state index contributed by atoms with van der Waals surface area (Å²) in [5.41, 5.74) is 4.90. The van der Waals surface area contributed by atoms with Gasteiger partial charge in [0.15, 0.2) is 0 Å². The summed E-state index contributed by atoms with van der Waals surface area (Å²) >= 11 is 12.8. The van der Waals surface area contributed by atoms with Gasteiger partial charge in [0.05, 0.1) is 11.8 Å². The lowest BCUT2D eigenvalue weighted by Gasteiger charge is -2.25. The Morgan fingerprint density at radius 3 is 1.03 bits per heavy atom. The minimum atomic E-state index is -0.556. The Hall–Kier alpha value is -1.71. The fourth-order valence-corrected chi connectivity index (χ4v) is 5.13. The number of halogens is 2. The molecule has 0 fully saturated rings. The van der Waals surface area contributed by atoms with Crippen LogP contribution in [-0.2, 0) is 4.79 Å². The highest BCUT2D eigenvalue weighted by molar-refractivity contribution is 6.22. The van der Waals surface area contributed by atoms with Crippen LogP contribution in [0, 0.1) is 0 Å². The molecule has 0 aliphatic carbocycles. The van der Waals surface area contributed by atoms with Crippen molar-refractivity contribution in [2.75, 3.05) is 11.8 Å². The van der Waals surface area contributed by atoms with Crippen molar-refractivity contribution in [1.82, 2.24) is 0 Å². The molecule has 3 nitrogen and oxygen atoms in total. The van der Waals surface area contributed by atoms with Crippen molar-refractivity contribution in [1.29, 1.82) is 0 Å². The molecular weight excluding hydrogens is 467 g/mol. The number of carbonyl (C=O) groups excluding carboxylic acids is 1. The SMILES string of the molecule is CC(C)c1cc(C(CCl)C(=O)C(CCl)c2cc(C(C)C)c(O)c(C(C)C)c2)cc(C(C)C)c1O. The second-order valence-corrected chi connectivity index (χ2v) is 11.1. The lowest BCUT2D eigenvalue weighted by atomic mass is 9.80. The number of benzene rings is 2. The molecule has 2 N–H and O–H groups in total. The van der Waals surface area contributed by atoms with Gasteiger partial charge in [0.2, 0.25) is 0 Å². The summed E-state index contributed by atoms with van der Waals surface area (Å²) in [6, 6.07) is 7.66. The number of hydrogen-bond acceptors (Lipinski definition) is 3. The van der Waals surface area contributed by atoms with Gasteiger partial charge in [-0.15, -0.1) is 23.2 Å². The molecular formula is C29H40Cl2O3. The van der Waals surface area contributed by atoms with Crippen LogP contribution >= 0.6 is 23.2 Å². The molecule has 34 heavy (non-hydrogen) atoms. The zero-order chi connectivity index (χ0) is 25.9. The van der Waals surface area contributed by atoms with Crippen LogP contribution in [0.4, 0.5) is 0 Å². The van der Waals surface area contributed by atoms with Gasteiger partial charge in [-0.2, -0.15) is 0 Å². The van der Waals surface area contributed by atoms with Gasteiger partial charge in [-0.3, -0.25) is 4.79 Å². The number of phenolic OH excluding ortho intramolecular Hbond substituents is 2. The van der Waals surface area contributed by atoms with E-state index in [0.717, 1.165) is 33.4 Å². The van der Waals surface area contributed by atoms with E-state index >= 15 is 0 Å². The van der Waals surface area contributed by atoms with Gasteiger partial charge in [-0.1, -0.05) is 79.7 Å². The van der Waals surface area contributed by atoms with Gasteiger partial charge in [-0.05, 0) is 57.1 Å². The number of aromatic hydroxyl groups is 2. The topological polar surface area (TPSA) is 57.5 Å². The largest absolute Gasteiger partial charge is 0.507 e. The molecule has 2 rings (SSSR count). The van der Waals surface area contributed by atoms with E-state index < -0.39 is 11.8 Å². The molecule has 0 spiro atoms. The molecule has 2 unspecified atom stereocenters. The maximum absolute atomic E-state index is 13.9. The second kappa shape index (κ2) is 11.8. The highest BCUT2D eigenvalue weighted by Gasteiger charge is 2.31. The Labute approximate surface area is 215 Å². The molecule has 5 heteroatoms. The van der Waals surface area contributed by atoms with Gasteiger partial charge in [-0.25, -0.2) is 0 Å². The van der Waals surface area contributed by atoms with E-state index in [-0.39, 0.29) is 41.2 Å². The molecule has 0 aromatic heterocycles. The lowest BCUT2D eigenvalue weighted by molar-refractivity contribution is -0.121. The van der Waals surface area contributed by atoms with Gasteiger partial charge in [0.1, 0.15) is 17.3 Å². The Kier molecular flexibility index (Phi) is 9.91. The molecule has 0 saturated heterocycles. The van der Waals surface area contributed by atoms with E-state index in [4.69, 9.17) is 23.2 Å². The molecule has 2 atom stereocenters. The third-order valence-electron chi connectivity index (χ3n) is 6.67. The number of alkyl halides is 2. The van der Waals surface area contributed by atoms with Crippen LogP contribution in [0.1, 0.15) is 124 Å². The molecule has 2 aromatic rings. The predicted octanol–water partition coefficient (Wildman–Crippen LogP) is 8.51. The normalized spacial score (nSPS) is 13.8. The van der Waals surface area contributed by atoms with E-state index in [0.29, 0.717) is 11.5 Å². The smallest absolute Gasteiger partial charge is 0.150 e. The number of carbonyl (C=O) groups is 1. The highest BCUT2D eigenvalue weighted by atomic mass is 35.5. The number of phenols is 2. The van der Waals surface area contributed by atoms with E-state index in [9.17, 15) is 15.0 Å². The molecule has 0 heterocycles. The van der Waals surface area contributed by atoms with Crippen molar-refractivity contribution in [2.24, 2.45) is 0 Å².